The summed E-state index contributed by atoms with van der Waals surface area (Å²) in [6, 6.07) is 10.5. The molecule has 1 aromatic rings. The van der Waals surface area contributed by atoms with Gasteiger partial charge in [-0.25, -0.2) is 0 Å². The fraction of sp³-hybridized carbons (Fsp3) is 0.455. The van der Waals surface area contributed by atoms with Gasteiger partial charge in [0.05, 0.1) is 13.3 Å². The van der Waals surface area contributed by atoms with Crippen LogP contribution in [0.4, 0.5) is 4.39 Å². The average molecular weight is 181 g/mol. The van der Waals surface area contributed by atoms with Gasteiger partial charge >= 0.3 is 0 Å². The molecule has 0 N–H and O–H groups in total. The van der Waals surface area contributed by atoms with E-state index in [0.717, 1.165) is 18.6 Å². The zero-order valence-electron chi connectivity index (χ0n) is 7.63. The molecule has 0 saturated heterocycles. The number of rotatable bonds is 6. The Morgan fingerprint density at radius 1 is 1.23 bits per heavy atom. The SMILES string of the molecule is FCCCCCOc1[c]cccc1. The summed E-state index contributed by atoms with van der Waals surface area (Å²) in [5.41, 5.74) is 0. The Hall–Kier alpha value is -1.05. The average Bonchev–Trinajstić information content (AvgIpc) is 2.19. The Kier molecular flexibility index (Phi) is 4.99. The first-order valence-corrected chi connectivity index (χ1v) is 4.59. The van der Waals surface area contributed by atoms with E-state index in [-0.39, 0.29) is 6.67 Å². The zero-order valence-corrected chi connectivity index (χ0v) is 7.63. The maximum Gasteiger partial charge on any atom is 0.127 e. The molecule has 0 bridgehead atoms. The van der Waals surface area contributed by atoms with Crippen LogP contribution in [0.15, 0.2) is 24.3 Å². The zero-order chi connectivity index (χ0) is 9.36. The fourth-order valence-corrected chi connectivity index (χ4v) is 1.02. The molecule has 0 saturated carbocycles. The van der Waals surface area contributed by atoms with Crippen LogP contribution in [0.2, 0.25) is 0 Å². The van der Waals surface area contributed by atoms with Crippen LogP contribution in [-0.2, 0) is 0 Å². The van der Waals surface area contributed by atoms with Gasteiger partial charge in [0, 0.05) is 6.07 Å². The number of hydrogen-bond donors (Lipinski definition) is 0. The molecule has 0 aliphatic heterocycles. The summed E-state index contributed by atoms with van der Waals surface area (Å²) in [7, 11) is 0. The third-order valence-electron chi connectivity index (χ3n) is 1.72. The Morgan fingerprint density at radius 2 is 2.15 bits per heavy atom. The fourth-order valence-electron chi connectivity index (χ4n) is 1.02. The van der Waals surface area contributed by atoms with Crippen LogP contribution in [0.1, 0.15) is 19.3 Å². The van der Waals surface area contributed by atoms with E-state index < -0.39 is 0 Å². The lowest BCUT2D eigenvalue weighted by Crippen LogP contribution is -1.97. The second-order valence-electron chi connectivity index (χ2n) is 2.82. The van der Waals surface area contributed by atoms with E-state index in [2.05, 4.69) is 6.07 Å². The van der Waals surface area contributed by atoms with Gasteiger partial charge in [-0.1, -0.05) is 18.2 Å². The Morgan fingerprint density at radius 3 is 2.85 bits per heavy atom. The van der Waals surface area contributed by atoms with Crippen molar-refractivity contribution >= 4 is 0 Å². The first kappa shape index (κ1) is 10.0. The number of unbranched alkanes of at least 4 members (excludes halogenated alkanes) is 2. The highest BCUT2D eigenvalue weighted by atomic mass is 19.1. The van der Waals surface area contributed by atoms with Crippen molar-refractivity contribution in [2.24, 2.45) is 0 Å². The van der Waals surface area contributed by atoms with Gasteiger partial charge in [-0.15, -0.1) is 0 Å². The molecular formula is C11H14FO. The van der Waals surface area contributed by atoms with Crippen molar-refractivity contribution in [3.63, 3.8) is 0 Å². The molecule has 1 aromatic carbocycles. The van der Waals surface area contributed by atoms with Crippen molar-refractivity contribution in [2.75, 3.05) is 13.3 Å². The van der Waals surface area contributed by atoms with Crippen LogP contribution in [0, 0.1) is 6.07 Å². The highest BCUT2D eigenvalue weighted by Gasteiger charge is 1.92. The Balaban J connectivity index is 2.07. The Bertz CT molecular complexity index is 211. The van der Waals surface area contributed by atoms with E-state index in [1.54, 1.807) is 0 Å². The molecular weight excluding hydrogens is 167 g/mol. The minimum atomic E-state index is -0.225. The molecule has 13 heavy (non-hydrogen) atoms. The van der Waals surface area contributed by atoms with E-state index in [1.165, 1.54) is 0 Å². The number of alkyl halides is 1. The summed E-state index contributed by atoms with van der Waals surface area (Å²) in [5, 5.41) is 0. The van der Waals surface area contributed by atoms with Crippen LogP contribution in [0.25, 0.3) is 0 Å². The highest BCUT2D eigenvalue weighted by Crippen LogP contribution is 2.08. The molecule has 2 heteroatoms. The summed E-state index contributed by atoms with van der Waals surface area (Å²) in [6.45, 7) is 0.429. The van der Waals surface area contributed by atoms with Crippen LogP contribution in [0.3, 0.4) is 0 Å². The molecule has 1 rings (SSSR count). The first-order chi connectivity index (χ1) is 6.43. The maximum absolute atomic E-state index is 11.7. The van der Waals surface area contributed by atoms with E-state index in [9.17, 15) is 4.39 Å². The van der Waals surface area contributed by atoms with E-state index in [1.807, 2.05) is 24.3 Å². The van der Waals surface area contributed by atoms with Crippen LogP contribution in [-0.4, -0.2) is 13.3 Å². The highest BCUT2D eigenvalue weighted by molar-refractivity contribution is 5.19. The van der Waals surface area contributed by atoms with Gasteiger partial charge in [0.25, 0.3) is 0 Å². The molecule has 0 spiro atoms. The van der Waals surface area contributed by atoms with Gasteiger partial charge in [0.2, 0.25) is 0 Å². The lowest BCUT2D eigenvalue weighted by molar-refractivity contribution is 0.301. The van der Waals surface area contributed by atoms with Gasteiger partial charge in [0.1, 0.15) is 5.75 Å². The second-order valence-corrected chi connectivity index (χ2v) is 2.82. The lowest BCUT2D eigenvalue weighted by atomic mass is 10.2. The number of para-hydroxylation sites is 1. The number of ether oxygens (including phenoxy) is 1. The van der Waals surface area contributed by atoms with Gasteiger partial charge in [0.15, 0.2) is 0 Å². The molecule has 0 aliphatic rings. The van der Waals surface area contributed by atoms with E-state index in [0.29, 0.717) is 13.0 Å². The second kappa shape index (κ2) is 6.46. The normalized spacial score (nSPS) is 9.92. The molecule has 71 valence electrons. The first-order valence-electron chi connectivity index (χ1n) is 4.59. The molecule has 1 radical (unpaired) electrons. The largest absolute Gasteiger partial charge is 0.493 e. The third kappa shape index (κ3) is 4.51. The number of benzene rings is 1. The monoisotopic (exact) mass is 181 g/mol. The molecule has 0 aromatic heterocycles. The Labute approximate surface area is 78.5 Å². The maximum atomic E-state index is 11.7. The molecule has 0 unspecified atom stereocenters. The standard InChI is InChI=1S/C11H14FO/c12-9-5-2-6-10-13-11-7-3-1-4-8-11/h1,3-4,7H,2,5-6,9-10H2. The predicted octanol–water partition coefficient (Wildman–Crippen LogP) is 3.01. The van der Waals surface area contributed by atoms with Crippen molar-refractivity contribution in [1.82, 2.24) is 0 Å². The molecule has 0 fully saturated rings. The summed E-state index contributed by atoms with van der Waals surface area (Å²) in [4.78, 5) is 0. The van der Waals surface area contributed by atoms with Gasteiger partial charge in [-0.05, 0) is 25.3 Å². The minimum absolute atomic E-state index is 0.225. The smallest absolute Gasteiger partial charge is 0.127 e. The van der Waals surface area contributed by atoms with E-state index >= 15 is 0 Å². The van der Waals surface area contributed by atoms with Crippen molar-refractivity contribution in [2.45, 2.75) is 19.3 Å². The van der Waals surface area contributed by atoms with Crippen molar-refractivity contribution in [3.8, 4) is 5.75 Å². The van der Waals surface area contributed by atoms with Crippen LogP contribution in [0.5, 0.6) is 5.75 Å². The summed E-state index contributed by atoms with van der Waals surface area (Å²) < 4.78 is 17.1. The summed E-state index contributed by atoms with van der Waals surface area (Å²) >= 11 is 0. The van der Waals surface area contributed by atoms with Crippen molar-refractivity contribution in [3.05, 3.63) is 30.3 Å². The van der Waals surface area contributed by atoms with Gasteiger partial charge < -0.3 is 4.74 Å². The lowest BCUT2D eigenvalue weighted by Gasteiger charge is -2.03. The van der Waals surface area contributed by atoms with Gasteiger partial charge in [-0.2, -0.15) is 0 Å². The van der Waals surface area contributed by atoms with Crippen molar-refractivity contribution in [1.29, 1.82) is 0 Å². The quantitative estimate of drug-likeness (QED) is 0.613. The molecule has 0 amide bonds. The van der Waals surface area contributed by atoms with Crippen LogP contribution < -0.4 is 4.74 Å². The summed E-state index contributed by atoms with van der Waals surface area (Å²) in [5.74, 6) is 0.766. The molecule has 1 nitrogen and oxygen atoms in total. The third-order valence-corrected chi connectivity index (χ3v) is 1.72. The minimum Gasteiger partial charge on any atom is -0.493 e. The molecule has 0 aliphatic carbocycles. The van der Waals surface area contributed by atoms with Crippen LogP contribution >= 0.6 is 0 Å². The topological polar surface area (TPSA) is 9.23 Å². The molecule has 0 heterocycles. The number of halogens is 1. The number of hydrogen-bond acceptors (Lipinski definition) is 1. The van der Waals surface area contributed by atoms with Crippen molar-refractivity contribution < 1.29 is 9.13 Å². The van der Waals surface area contributed by atoms with Gasteiger partial charge in [-0.3, -0.25) is 4.39 Å². The molecule has 0 atom stereocenters. The predicted molar refractivity (Wildman–Crippen MR) is 50.6 cm³/mol. The summed E-state index contributed by atoms with van der Waals surface area (Å²) in [6.07, 6.45) is 2.44. The van der Waals surface area contributed by atoms with E-state index in [4.69, 9.17) is 4.74 Å².